The first-order chi connectivity index (χ1) is 8.20. The lowest BCUT2D eigenvalue weighted by atomic mass is 10.1. The van der Waals surface area contributed by atoms with E-state index in [1.54, 1.807) is 4.90 Å². The summed E-state index contributed by atoms with van der Waals surface area (Å²) in [6, 6.07) is -0.428. The van der Waals surface area contributed by atoms with Crippen LogP contribution in [0, 0.1) is 0 Å². The number of carbonyl (C=O) groups excluding carboxylic acids is 2. The Morgan fingerprint density at radius 3 is 2.53 bits per heavy atom. The van der Waals surface area contributed by atoms with Gasteiger partial charge in [0.25, 0.3) is 0 Å². The van der Waals surface area contributed by atoms with Crippen molar-refractivity contribution in [3.8, 4) is 0 Å². The number of nitrogens with zero attached hydrogens (tertiary/aromatic N) is 2. The fraction of sp³-hybridized carbons (Fsp3) is 0.833. The van der Waals surface area contributed by atoms with Crippen LogP contribution in [0.3, 0.4) is 0 Å². The highest BCUT2D eigenvalue weighted by molar-refractivity contribution is 5.87. The van der Waals surface area contributed by atoms with Crippen molar-refractivity contribution in [2.24, 2.45) is 0 Å². The number of urea groups is 1. The molecule has 0 aliphatic carbocycles. The average molecular weight is 239 g/mol. The molecule has 17 heavy (non-hydrogen) atoms. The zero-order valence-electron chi connectivity index (χ0n) is 10.4. The molecule has 1 unspecified atom stereocenters. The van der Waals surface area contributed by atoms with Crippen LogP contribution in [0.5, 0.6) is 0 Å². The van der Waals surface area contributed by atoms with Gasteiger partial charge < -0.3 is 15.1 Å². The number of likely N-dealkylation sites (tertiary alicyclic amines) is 1. The molecule has 2 rings (SSSR count). The molecule has 0 saturated carbocycles. The van der Waals surface area contributed by atoms with Gasteiger partial charge in [0.05, 0.1) is 0 Å². The van der Waals surface area contributed by atoms with E-state index < -0.39 is 0 Å². The van der Waals surface area contributed by atoms with Crippen molar-refractivity contribution in [1.29, 1.82) is 0 Å². The highest BCUT2D eigenvalue weighted by atomic mass is 16.2. The minimum absolute atomic E-state index is 0.0988. The van der Waals surface area contributed by atoms with Crippen molar-refractivity contribution in [2.75, 3.05) is 26.2 Å². The predicted molar refractivity (Wildman–Crippen MR) is 64.6 cm³/mol. The molecule has 2 fully saturated rings. The van der Waals surface area contributed by atoms with E-state index in [2.05, 4.69) is 5.32 Å². The largest absolute Gasteiger partial charge is 0.341 e. The van der Waals surface area contributed by atoms with Gasteiger partial charge in [0.2, 0.25) is 5.91 Å². The van der Waals surface area contributed by atoms with Crippen LogP contribution in [0.1, 0.15) is 32.6 Å². The molecule has 2 saturated heterocycles. The Labute approximate surface area is 102 Å². The zero-order valence-corrected chi connectivity index (χ0v) is 10.4. The molecule has 0 radical (unpaired) electrons. The summed E-state index contributed by atoms with van der Waals surface area (Å²) >= 11 is 0. The first-order valence-corrected chi connectivity index (χ1v) is 6.53. The summed E-state index contributed by atoms with van der Waals surface area (Å²) in [5, 5.41) is 2.79. The topological polar surface area (TPSA) is 52.7 Å². The van der Waals surface area contributed by atoms with Gasteiger partial charge in [-0.2, -0.15) is 0 Å². The molecule has 1 N–H and O–H groups in total. The summed E-state index contributed by atoms with van der Waals surface area (Å²) in [7, 11) is 0. The number of hydrogen-bond acceptors (Lipinski definition) is 2. The molecular formula is C12H21N3O2. The molecule has 96 valence electrons. The van der Waals surface area contributed by atoms with E-state index in [0.717, 1.165) is 38.9 Å². The average Bonchev–Trinajstić information content (AvgIpc) is 2.39. The van der Waals surface area contributed by atoms with E-state index in [-0.39, 0.29) is 18.0 Å². The molecule has 0 bridgehead atoms. The molecule has 0 aromatic rings. The first kappa shape index (κ1) is 12.2. The third-order valence-electron chi connectivity index (χ3n) is 3.61. The standard InChI is InChI=1S/C12H21N3O2/c1-10(15-9-5-6-13-12(15)17)11(16)14-7-3-2-4-8-14/h10H,2-9H2,1H3,(H,13,17). The molecule has 2 aliphatic heterocycles. The minimum atomic E-state index is -0.326. The molecule has 0 aromatic carbocycles. The van der Waals surface area contributed by atoms with Gasteiger partial charge in [-0.15, -0.1) is 0 Å². The summed E-state index contributed by atoms with van der Waals surface area (Å²) in [4.78, 5) is 27.5. The fourth-order valence-electron chi connectivity index (χ4n) is 2.53. The van der Waals surface area contributed by atoms with Gasteiger partial charge in [-0.3, -0.25) is 4.79 Å². The fourth-order valence-corrected chi connectivity index (χ4v) is 2.53. The predicted octanol–water partition coefficient (Wildman–Crippen LogP) is 0.803. The maximum absolute atomic E-state index is 12.2. The summed E-state index contributed by atoms with van der Waals surface area (Å²) in [6.07, 6.45) is 4.31. The van der Waals surface area contributed by atoms with Crippen molar-refractivity contribution < 1.29 is 9.59 Å². The highest BCUT2D eigenvalue weighted by Gasteiger charge is 2.31. The Morgan fingerprint density at radius 1 is 1.18 bits per heavy atom. The van der Waals surface area contributed by atoms with Gasteiger partial charge in [0.15, 0.2) is 0 Å². The van der Waals surface area contributed by atoms with Crippen LogP contribution < -0.4 is 5.32 Å². The van der Waals surface area contributed by atoms with Gasteiger partial charge in [0.1, 0.15) is 6.04 Å². The van der Waals surface area contributed by atoms with Crippen LogP contribution in [-0.4, -0.2) is 54.0 Å². The summed E-state index contributed by atoms with van der Waals surface area (Å²) < 4.78 is 0. The van der Waals surface area contributed by atoms with Gasteiger partial charge in [0, 0.05) is 26.2 Å². The number of carbonyl (C=O) groups is 2. The van der Waals surface area contributed by atoms with E-state index in [4.69, 9.17) is 0 Å². The second-order valence-electron chi connectivity index (χ2n) is 4.84. The van der Waals surface area contributed by atoms with Crippen molar-refractivity contribution in [3.63, 3.8) is 0 Å². The van der Waals surface area contributed by atoms with Crippen molar-refractivity contribution in [2.45, 2.75) is 38.6 Å². The van der Waals surface area contributed by atoms with Crippen LogP contribution in [-0.2, 0) is 4.79 Å². The quantitative estimate of drug-likeness (QED) is 0.775. The van der Waals surface area contributed by atoms with Crippen molar-refractivity contribution in [1.82, 2.24) is 15.1 Å². The Kier molecular flexibility index (Phi) is 3.86. The number of piperidine rings is 1. The molecule has 0 spiro atoms. The molecule has 5 heteroatoms. The number of nitrogens with one attached hydrogen (secondary N) is 1. The van der Waals surface area contributed by atoms with Crippen LogP contribution in [0.25, 0.3) is 0 Å². The lowest BCUT2D eigenvalue weighted by molar-refractivity contribution is -0.136. The third-order valence-corrected chi connectivity index (χ3v) is 3.61. The second-order valence-corrected chi connectivity index (χ2v) is 4.84. The maximum atomic E-state index is 12.2. The number of rotatable bonds is 2. The molecular weight excluding hydrogens is 218 g/mol. The summed E-state index contributed by atoms with van der Waals surface area (Å²) in [5.74, 6) is 0.0988. The second kappa shape index (κ2) is 5.38. The number of amides is 3. The van der Waals surface area contributed by atoms with Crippen LogP contribution in [0.2, 0.25) is 0 Å². The van der Waals surface area contributed by atoms with E-state index in [1.807, 2.05) is 11.8 Å². The van der Waals surface area contributed by atoms with Crippen LogP contribution >= 0.6 is 0 Å². The molecule has 0 aromatic heterocycles. The molecule has 2 heterocycles. The Bertz CT molecular complexity index is 300. The number of hydrogen-bond donors (Lipinski definition) is 1. The summed E-state index contributed by atoms with van der Waals surface area (Å²) in [5.41, 5.74) is 0. The van der Waals surface area contributed by atoms with E-state index in [0.29, 0.717) is 6.54 Å². The van der Waals surface area contributed by atoms with Crippen molar-refractivity contribution >= 4 is 11.9 Å². The SMILES string of the molecule is CC(C(=O)N1CCCCC1)N1CCCNC1=O. The third kappa shape index (κ3) is 2.70. The van der Waals surface area contributed by atoms with Crippen LogP contribution in [0.4, 0.5) is 4.79 Å². The summed E-state index contributed by atoms with van der Waals surface area (Å²) in [6.45, 7) is 4.94. The van der Waals surface area contributed by atoms with Gasteiger partial charge in [-0.1, -0.05) is 0 Å². The molecule has 2 aliphatic rings. The minimum Gasteiger partial charge on any atom is -0.341 e. The Balaban J connectivity index is 1.95. The maximum Gasteiger partial charge on any atom is 0.318 e. The zero-order chi connectivity index (χ0) is 12.3. The van der Waals surface area contributed by atoms with E-state index in [1.165, 1.54) is 6.42 Å². The van der Waals surface area contributed by atoms with E-state index in [9.17, 15) is 9.59 Å². The molecule has 3 amide bonds. The Morgan fingerprint density at radius 2 is 1.88 bits per heavy atom. The van der Waals surface area contributed by atoms with Gasteiger partial charge >= 0.3 is 6.03 Å². The van der Waals surface area contributed by atoms with Gasteiger partial charge in [-0.05, 0) is 32.6 Å². The van der Waals surface area contributed by atoms with Crippen LogP contribution in [0.15, 0.2) is 0 Å². The molecule has 1 atom stereocenters. The molecule has 5 nitrogen and oxygen atoms in total. The monoisotopic (exact) mass is 239 g/mol. The van der Waals surface area contributed by atoms with E-state index >= 15 is 0 Å². The smallest absolute Gasteiger partial charge is 0.318 e. The lowest BCUT2D eigenvalue weighted by Crippen LogP contribution is -2.56. The first-order valence-electron chi connectivity index (χ1n) is 6.53. The van der Waals surface area contributed by atoms with Crippen molar-refractivity contribution in [3.05, 3.63) is 0 Å². The van der Waals surface area contributed by atoms with Gasteiger partial charge in [-0.25, -0.2) is 4.79 Å². The lowest BCUT2D eigenvalue weighted by Gasteiger charge is -2.36. The normalized spacial score (nSPS) is 23.2. The Hall–Kier alpha value is -1.26. The highest BCUT2D eigenvalue weighted by Crippen LogP contribution is 2.13.